The van der Waals surface area contributed by atoms with Gasteiger partial charge in [-0.1, -0.05) is 13.8 Å². The second kappa shape index (κ2) is 8.19. The van der Waals surface area contributed by atoms with E-state index >= 15 is 0 Å². The van der Waals surface area contributed by atoms with Crippen LogP contribution < -0.4 is 11.1 Å². The van der Waals surface area contributed by atoms with Crippen molar-refractivity contribution >= 4 is 11.9 Å². The lowest BCUT2D eigenvalue weighted by Crippen LogP contribution is -2.57. The van der Waals surface area contributed by atoms with Gasteiger partial charge in [0.05, 0.1) is 24.3 Å². The Morgan fingerprint density at radius 3 is 2.50 bits per heavy atom. The highest BCUT2D eigenvalue weighted by Crippen LogP contribution is 2.23. The van der Waals surface area contributed by atoms with Gasteiger partial charge in [0.2, 0.25) is 0 Å². The number of nitrogens with one attached hydrogen (secondary N) is 1. The normalized spacial score (nSPS) is 25.2. The number of amides is 1. The molecule has 1 rings (SSSR count). The highest BCUT2D eigenvalue weighted by molar-refractivity contribution is 5.87. The SMILES string of the molecule is CCC(CC)O[C@@H]1C=C(C(=O)O)C[C@H](NC(=O)C(F)F)[C@H]1N. The lowest BCUT2D eigenvalue weighted by Gasteiger charge is -2.35. The Labute approximate surface area is 127 Å². The van der Waals surface area contributed by atoms with Crippen LogP contribution in [-0.4, -0.2) is 47.7 Å². The van der Waals surface area contributed by atoms with E-state index < -0.39 is 36.5 Å². The van der Waals surface area contributed by atoms with Gasteiger partial charge in [-0.2, -0.15) is 8.78 Å². The van der Waals surface area contributed by atoms with Gasteiger partial charge in [-0.15, -0.1) is 0 Å². The maximum atomic E-state index is 12.4. The molecule has 0 aromatic rings. The predicted molar refractivity (Wildman–Crippen MR) is 75.5 cm³/mol. The molecule has 6 nitrogen and oxygen atoms in total. The minimum atomic E-state index is -3.18. The van der Waals surface area contributed by atoms with E-state index in [1.165, 1.54) is 6.08 Å². The number of ether oxygens (including phenoxy) is 1. The van der Waals surface area contributed by atoms with E-state index in [4.69, 9.17) is 15.6 Å². The predicted octanol–water partition coefficient (Wildman–Crippen LogP) is 1.05. The molecule has 0 radical (unpaired) electrons. The minimum Gasteiger partial charge on any atom is -0.478 e. The zero-order chi connectivity index (χ0) is 16.9. The van der Waals surface area contributed by atoms with Gasteiger partial charge in [-0.3, -0.25) is 4.79 Å². The smallest absolute Gasteiger partial charge is 0.331 e. The van der Waals surface area contributed by atoms with Crippen LogP contribution in [0.3, 0.4) is 0 Å². The molecular weight excluding hydrogens is 298 g/mol. The molecule has 0 saturated carbocycles. The molecule has 8 heteroatoms. The maximum absolute atomic E-state index is 12.4. The van der Waals surface area contributed by atoms with Crippen LogP contribution in [0, 0.1) is 0 Å². The fraction of sp³-hybridized carbons (Fsp3) is 0.714. The van der Waals surface area contributed by atoms with Crippen molar-refractivity contribution in [3.8, 4) is 0 Å². The summed E-state index contributed by atoms with van der Waals surface area (Å²) < 4.78 is 30.5. The Balaban J connectivity index is 2.92. The van der Waals surface area contributed by atoms with Crippen LogP contribution in [0.15, 0.2) is 11.6 Å². The first-order valence-electron chi connectivity index (χ1n) is 7.23. The molecule has 0 saturated heterocycles. The van der Waals surface area contributed by atoms with Gasteiger partial charge in [0.1, 0.15) is 0 Å². The number of rotatable bonds is 7. The van der Waals surface area contributed by atoms with E-state index in [0.29, 0.717) is 12.8 Å². The van der Waals surface area contributed by atoms with Crippen LogP contribution >= 0.6 is 0 Å². The number of carbonyl (C=O) groups is 2. The van der Waals surface area contributed by atoms with Crippen LogP contribution in [-0.2, 0) is 14.3 Å². The molecule has 0 unspecified atom stereocenters. The molecule has 0 bridgehead atoms. The summed E-state index contributed by atoms with van der Waals surface area (Å²) in [6.45, 7) is 3.83. The lowest BCUT2D eigenvalue weighted by molar-refractivity contribution is -0.135. The van der Waals surface area contributed by atoms with Crippen molar-refractivity contribution < 1.29 is 28.2 Å². The molecule has 126 valence electrons. The molecule has 1 amide bonds. The number of carboxylic acids is 1. The first kappa shape index (κ1) is 18.5. The molecule has 0 heterocycles. The topological polar surface area (TPSA) is 102 Å². The summed E-state index contributed by atoms with van der Waals surface area (Å²) in [7, 11) is 0. The van der Waals surface area contributed by atoms with E-state index in [1.807, 2.05) is 13.8 Å². The maximum Gasteiger partial charge on any atom is 0.331 e. The third kappa shape index (κ3) is 4.74. The van der Waals surface area contributed by atoms with Crippen molar-refractivity contribution in [1.82, 2.24) is 5.32 Å². The van der Waals surface area contributed by atoms with Gasteiger partial charge >= 0.3 is 12.4 Å². The Morgan fingerprint density at radius 2 is 2.05 bits per heavy atom. The van der Waals surface area contributed by atoms with Crippen LogP contribution in [0.1, 0.15) is 33.1 Å². The summed E-state index contributed by atoms with van der Waals surface area (Å²) in [5.74, 6) is -2.64. The Hall–Kier alpha value is -1.54. The largest absolute Gasteiger partial charge is 0.478 e. The van der Waals surface area contributed by atoms with E-state index in [-0.39, 0.29) is 18.1 Å². The van der Waals surface area contributed by atoms with Crippen LogP contribution in [0.5, 0.6) is 0 Å². The summed E-state index contributed by atoms with van der Waals surface area (Å²) in [6, 6.07) is -1.69. The highest BCUT2D eigenvalue weighted by Gasteiger charge is 2.36. The number of halogens is 2. The lowest BCUT2D eigenvalue weighted by atomic mass is 9.88. The monoisotopic (exact) mass is 320 g/mol. The molecule has 22 heavy (non-hydrogen) atoms. The molecule has 0 aliphatic heterocycles. The second-order valence-electron chi connectivity index (χ2n) is 5.23. The fourth-order valence-corrected chi connectivity index (χ4v) is 2.36. The first-order valence-corrected chi connectivity index (χ1v) is 7.23. The van der Waals surface area contributed by atoms with Gasteiger partial charge in [0.15, 0.2) is 0 Å². The summed E-state index contributed by atoms with van der Waals surface area (Å²) in [4.78, 5) is 22.3. The van der Waals surface area contributed by atoms with Crippen molar-refractivity contribution in [2.24, 2.45) is 5.73 Å². The van der Waals surface area contributed by atoms with Gasteiger partial charge in [-0.05, 0) is 18.9 Å². The van der Waals surface area contributed by atoms with Crippen molar-refractivity contribution in [3.05, 3.63) is 11.6 Å². The molecule has 0 aromatic carbocycles. The number of aliphatic carboxylic acids is 1. The van der Waals surface area contributed by atoms with Crippen LogP contribution in [0.25, 0.3) is 0 Å². The van der Waals surface area contributed by atoms with Gasteiger partial charge in [0.25, 0.3) is 5.91 Å². The number of hydrogen-bond acceptors (Lipinski definition) is 4. The van der Waals surface area contributed by atoms with E-state index in [2.05, 4.69) is 5.32 Å². The molecule has 0 aromatic heterocycles. The van der Waals surface area contributed by atoms with Crippen molar-refractivity contribution in [3.63, 3.8) is 0 Å². The molecule has 0 fully saturated rings. The molecule has 0 spiro atoms. The zero-order valence-electron chi connectivity index (χ0n) is 12.6. The van der Waals surface area contributed by atoms with Crippen LogP contribution in [0.2, 0.25) is 0 Å². The quantitative estimate of drug-likeness (QED) is 0.651. The zero-order valence-corrected chi connectivity index (χ0v) is 12.6. The first-order chi connectivity index (χ1) is 10.3. The average molecular weight is 320 g/mol. The van der Waals surface area contributed by atoms with Crippen molar-refractivity contribution in [2.45, 2.75) is 63.8 Å². The molecule has 1 aliphatic carbocycles. The summed E-state index contributed by atoms with van der Waals surface area (Å²) in [5, 5.41) is 11.2. The Bertz CT molecular complexity index is 439. The highest BCUT2D eigenvalue weighted by atomic mass is 19.3. The van der Waals surface area contributed by atoms with Crippen molar-refractivity contribution in [2.75, 3.05) is 0 Å². The number of alkyl halides is 2. The van der Waals surface area contributed by atoms with Gasteiger partial charge < -0.3 is 20.9 Å². The van der Waals surface area contributed by atoms with E-state index in [1.54, 1.807) is 0 Å². The summed E-state index contributed by atoms with van der Waals surface area (Å²) >= 11 is 0. The number of carboxylic acid groups (broad SMARTS) is 1. The number of nitrogens with two attached hydrogens (primary N) is 1. The van der Waals surface area contributed by atoms with E-state index in [9.17, 15) is 18.4 Å². The Kier molecular flexibility index (Phi) is 6.89. The molecule has 1 aliphatic rings. The third-order valence-electron chi connectivity index (χ3n) is 3.71. The molecular formula is C14H22F2N2O4. The van der Waals surface area contributed by atoms with Crippen LogP contribution in [0.4, 0.5) is 8.78 Å². The number of hydrogen-bond donors (Lipinski definition) is 3. The van der Waals surface area contributed by atoms with Gasteiger partial charge in [-0.25, -0.2) is 4.79 Å². The summed E-state index contributed by atoms with van der Waals surface area (Å²) in [5.41, 5.74) is 5.97. The average Bonchev–Trinajstić information content (AvgIpc) is 2.47. The molecule has 3 atom stereocenters. The van der Waals surface area contributed by atoms with Gasteiger partial charge in [0, 0.05) is 12.0 Å². The standard InChI is InChI=1S/C14H22F2N2O4/c1-3-8(4-2)22-10-6-7(14(20)21)5-9(11(10)17)18-13(19)12(15)16/h6,8-12H,3-5,17H2,1-2H3,(H,18,19)(H,20,21)/t9-,10+,11+/m0/s1. The Morgan fingerprint density at radius 1 is 1.45 bits per heavy atom. The second-order valence-corrected chi connectivity index (χ2v) is 5.23. The third-order valence-corrected chi connectivity index (χ3v) is 3.71. The van der Waals surface area contributed by atoms with Crippen molar-refractivity contribution in [1.29, 1.82) is 0 Å². The molecule has 4 N–H and O–H groups in total. The minimum absolute atomic E-state index is 0.00257. The number of carbonyl (C=O) groups excluding carboxylic acids is 1. The van der Waals surface area contributed by atoms with E-state index in [0.717, 1.165) is 0 Å². The fourth-order valence-electron chi connectivity index (χ4n) is 2.36. The summed E-state index contributed by atoms with van der Waals surface area (Å²) in [6.07, 6.45) is -1.33.